The van der Waals surface area contributed by atoms with Gasteiger partial charge in [0, 0.05) is 6.04 Å². The predicted octanol–water partition coefficient (Wildman–Crippen LogP) is 1.84. The molecule has 2 N–H and O–H groups in total. The van der Waals surface area contributed by atoms with Gasteiger partial charge in [-0.3, -0.25) is 4.79 Å². The van der Waals surface area contributed by atoms with E-state index in [-0.39, 0.29) is 11.3 Å². The Labute approximate surface area is 113 Å². The average Bonchev–Trinajstić information content (AvgIpc) is 2.30. The van der Waals surface area contributed by atoms with Crippen LogP contribution in [0.4, 0.5) is 0 Å². The topological polar surface area (TPSA) is 83.5 Å². The lowest BCUT2D eigenvalue weighted by Crippen LogP contribution is -2.36. The first-order valence-corrected chi connectivity index (χ1v) is 7.56. The van der Waals surface area contributed by atoms with Crippen LogP contribution in [-0.4, -0.2) is 25.5 Å². The second kappa shape index (κ2) is 6.16. The molecule has 1 atom stereocenters. The summed E-state index contributed by atoms with van der Waals surface area (Å²) in [6.07, 6.45) is 0.205. The highest BCUT2D eigenvalue weighted by Gasteiger charge is 2.22. The maximum atomic E-state index is 12.3. The zero-order chi connectivity index (χ0) is 14.6. The molecule has 0 aliphatic carbocycles. The van der Waals surface area contributed by atoms with Gasteiger partial charge in [-0.25, -0.2) is 13.1 Å². The van der Waals surface area contributed by atoms with E-state index in [0.717, 1.165) is 5.56 Å². The molecule has 6 heteroatoms. The Balaban J connectivity index is 3.03. The zero-order valence-electron chi connectivity index (χ0n) is 11.3. The SMILES string of the molecule is CCC(CC(=O)O)NS(=O)(=O)c1cc(C)ccc1C. The van der Waals surface area contributed by atoms with E-state index in [4.69, 9.17) is 5.11 Å². The first-order valence-electron chi connectivity index (χ1n) is 6.07. The molecule has 0 aliphatic heterocycles. The normalized spacial score (nSPS) is 13.2. The molecule has 0 spiro atoms. The van der Waals surface area contributed by atoms with Crippen molar-refractivity contribution in [1.29, 1.82) is 0 Å². The van der Waals surface area contributed by atoms with Gasteiger partial charge in [-0.15, -0.1) is 0 Å². The van der Waals surface area contributed by atoms with Gasteiger partial charge in [0.25, 0.3) is 0 Å². The quantitative estimate of drug-likeness (QED) is 0.835. The van der Waals surface area contributed by atoms with Crippen LogP contribution in [0.15, 0.2) is 23.1 Å². The number of sulfonamides is 1. The third kappa shape index (κ3) is 4.33. The molecule has 1 rings (SSSR count). The van der Waals surface area contributed by atoms with Crippen molar-refractivity contribution in [2.24, 2.45) is 0 Å². The number of carbonyl (C=O) groups is 1. The summed E-state index contributed by atoms with van der Waals surface area (Å²) in [5, 5.41) is 8.75. The van der Waals surface area contributed by atoms with E-state index < -0.39 is 22.0 Å². The smallest absolute Gasteiger partial charge is 0.304 e. The standard InChI is InChI=1S/C13H19NO4S/c1-4-11(8-13(15)16)14-19(17,18)12-7-9(2)5-6-10(12)3/h5-7,11,14H,4,8H2,1-3H3,(H,15,16). The maximum Gasteiger partial charge on any atom is 0.304 e. The molecule has 0 aliphatic rings. The highest BCUT2D eigenvalue weighted by molar-refractivity contribution is 7.89. The minimum absolute atomic E-state index is 0.205. The van der Waals surface area contributed by atoms with Gasteiger partial charge in [0.05, 0.1) is 11.3 Å². The zero-order valence-corrected chi connectivity index (χ0v) is 12.1. The molecule has 1 aromatic rings. The van der Waals surface area contributed by atoms with Crippen LogP contribution in [-0.2, 0) is 14.8 Å². The Kier molecular flexibility index (Phi) is 5.08. The number of benzene rings is 1. The Bertz CT molecular complexity index is 566. The van der Waals surface area contributed by atoms with Gasteiger partial charge in [-0.2, -0.15) is 0 Å². The fraction of sp³-hybridized carbons (Fsp3) is 0.462. The third-order valence-corrected chi connectivity index (χ3v) is 4.53. The van der Waals surface area contributed by atoms with Gasteiger partial charge in [0.1, 0.15) is 0 Å². The Morgan fingerprint density at radius 2 is 2.00 bits per heavy atom. The second-order valence-electron chi connectivity index (χ2n) is 4.59. The molecule has 0 heterocycles. The largest absolute Gasteiger partial charge is 0.481 e. The van der Waals surface area contributed by atoms with Crippen LogP contribution in [0.2, 0.25) is 0 Å². The number of rotatable bonds is 6. The van der Waals surface area contributed by atoms with Crippen molar-refractivity contribution in [3.63, 3.8) is 0 Å². The van der Waals surface area contributed by atoms with Gasteiger partial charge >= 0.3 is 5.97 Å². The number of aryl methyl sites for hydroxylation is 2. The van der Waals surface area contributed by atoms with E-state index in [2.05, 4.69) is 4.72 Å². The molecule has 0 radical (unpaired) electrons. The lowest BCUT2D eigenvalue weighted by atomic mass is 10.2. The van der Waals surface area contributed by atoms with Crippen molar-refractivity contribution in [2.45, 2.75) is 44.6 Å². The molecule has 0 fully saturated rings. The van der Waals surface area contributed by atoms with E-state index in [9.17, 15) is 13.2 Å². The number of hydrogen-bond donors (Lipinski definition) is 2. The Hall–Kier alpha value is -1.40. The molecule has 1 unspecified atom stereocenters. The fourth-order valence-corrected chi connectivity index (χ4v) is 3.41. The van der Waals surface area contributed by atoms with Gasteiger partial charge in [-0.05, 0) is 37.5 Å². The van der Waals surface area contributed by atoms with Crippen molar-refractivity contribution < 1.29 is 18.3 Å². The third-order valence-electron chi connectivity index (χ3n) is 2.87. The maximum absolute atomic E-state index is 12.3. The summed E-state index contributed by atoms with van der Waals surface area (Å²) in [6, 6.07) is 4.57. The van der Waals surface area contributed by atoms with Crippen molar-refractivity contribution in [1.82, 2.24) is 4.72 Å². The molecule has 1 aromatic carbocycles. The van der Waals surface area contributed by atoms with Gasteiger partial charge in [0.15, 0.2) is 0 Å². The molecular weight excluding hydrogens is 266 g/mol. The summed E-state index contributed by atoms with van der Waals surface area (Å²) in [6.45, 7) is 5.28. The van der Waals surface area contributed by atoms with E-state index in [1.165, 1.54) is 0 Å². The molecule has 0 saturated carbocycles. The lowest BCUT2D eigenvalue weighted by molar-refractivity contribution is -0.137. The van der Waals surface area contributed by atoms with Crippen LogP contribution in [0.1, 0.15) is 30.9 Å². The predicted molar refractivity (Wildman–Crippen MR) is 72.6 cm³/mol. The molecule has 0 saturated heterocycles. The number of aliphatic carboxylic acids is 1. The van der Waals surface area contributed by atoms with Crippen molar-refractivity contribution in [3.8, 4) is 0 Å². The molecule has 106 valence electrons. The number of nitrogens with one attached hydrogen (secondary N) is 1. The number of carboxylic acids is 1. The summed E-state index contributed by atoms with van der Waals surface area (Å²) < 4.78 is 27.0. The molecule has 0 aromatic heterocycles. The molecule has 19 heavy (non-hydrogen) atoms. The Morgan fingerprint density at radius 3 is 2.53 bits per heavy atom. The van der Waals surface area contributed by atoms with E-state index in [0.29, 0.717) is 12.0 Å². The first kappa shape index (κ1) is 15.7. The van der Waals surface area contributed by atoms with Crippen LogP contribution in [0.25, 0.3) is 0 Å². The minimum Gasteiger partial charge on any atom is -0.481 e. The summed E-state index contributed by atoms with van der Waals surface area (Å²) in [7, 11) is -3.68. The number of carboxylic acid groups (broad SMARTS) is 1. The van der Waals surface area contributed by atoms with Crippen LogP contribution in [0.5, 0.6) is 0 Å². The number of hydrogen-bond acceptors (Lipinski definition) is 3. The summed E-state index contributed by atoms with van der Waals surface area (Å²) in [5.41, 5.74) is 1.49. The van der Waals surface area contributed by atoms with E-state index in [1.807, 2.05) is 13.0 Å². The lowest BCUT2D eigenvalue weighted by Gasteiger charge is -2.16. The van der Waals surface area contributed by atoms with Crippen LogP contribution >= 0.6 is 0 Å². The van der Waals surface area contributed by atoms with Crippen molar-refractivity contribution in [3.05, 3.63) is 29.3 Å². The molecule has 0 amide bonds. The fourth-order valence-electron chi connectivity index (χ4n) is 1.76. The summed E-state index contributed by atoms with van der Waals surface area (Å²) >= 11 is 0. The van der Waals surface area contributed by atoms with Gasteiger partial charge < -0.3 is 5.11 Å². The minimum atomic E-state index is -3.68. The molecular formula is C13H19NO4S. The molecule has 5 nitrogen and oxygen atoms in total. The van der Waals surface area contributed by atoms with Crippen molar-refractivity contribution >= 4 is 16.0 Å². The summed E-state index contributed by atoms with van der Waals surface area (Å²) in [5.74, 6) is -1.02. The van der Waals surface area contributed by atoms with Gasteiger partial charge in [0.2, 0.25) is 10.0 Å². The highest BCUT2D eigenvalue weighted by Crippen LogP contribution is 2.17. The van der Waals surface area contributed by atoms with E-state index >= 15 is 0 Å². The highest BCUT2D eigenvalue weighted by atomic mass is 32.2. The van der Waals surface area contributed by atoms with E-state index in [1.54, 1.807) is 26.0 Å². The monoisotopic (exact) mass is 285 g/mol. The summed E-state index contributed by atoms with van der Waals surface area (Å²) in [4.78, 5) is 10.9. The van der Waals surface area contributed by atoms with Crippen LogP contribution in [0, 0.1) is 13.8 Å². The second-order valence-corrected chi connectivity index (χ2v) is 6.28. The first-order chi connectivity index (χ1) is 8.76. The van der Waals surface area contributed by atoms with Crippen molar-refractivity contribution in [2.75, 3.05) is 0 Å². The van der Waals surface area contributed by atoms with Crippen LogP contribution < -0.4 is 4.72 Å². The Morgan fingerprint density at radius 1 is 1.37 bits per heavy atom. The van der Waals surface area contributed by atoms with Crippen LogP contribution in [0.3, 0.4) is 0 Å². The average molecular weight is 285 g/mol. The molecule has 0 bridgehead atoms. The van der Waals surface area contributed by atoms with Gasteiger partial charge in [-0.1, -0.05) is 19.1 Å².